The van der Waals surface area contributed by atoms with E-state index in [0.29, 0.717) is 16.8 Å². The van der Waals surface area contributed by atoms with Crippen molar-refractivity contribution in [1.29, 1.82) is 0 Å². The van der Waals surface area contributed by atoms with Gasteiger partial charge in [0.05, 0.1) is 17.6 Å². The molecule has 0 radical (unpaired) electrons. The summed E-state index contributed by atoms with van der Waals surface area (Å²) in [5.74, 6) is -0.388. The van der Waals surface area contributed by atoms with Crippen LogP contribution in [-0.4, -0.2) is 31.0 Å². The summed E-state index contributed by atoms with van der Waals surface area (Å²) in [4.78, 5) is 31.8. The number of fused-ring (bicyclic) bond motifs is 1. The highest BCUT2D eigenvalue weighted by Gasteiger charge is 2.33. The lowest BCUT2D eigenvalue weighted by Crippen LogP contribution is -2.49. The van der Waals surface area contributed by atoms with E-state index in [0.717, 1.165) is 17.8 Å². The number of carbonyl (C=O) groups is 1. The van der Waals surface area contributed by atoms with Gasteiger partial charge in [-0.2, -0.15) is 13.2 Å². The first kappa shape index (κ1) is 20.9. The Morgan fingerprint density at radius 2 is 1.87 bits per heavy atom. The van der Waals surface area contributed by atoms with Gasteiger partial charge in [-0.3, -0.25) is 9.59 Å². The molecule has 0 saturated carbocycles. The Morgan fingerprint density at radius 1 is 1.13 bits per heavy atom. The maximum absolute atomic E-state index is 13.2. The van der Waals surface area contributed by atoms with E-state index in [-0.39, 0.29) is 36.3 Å². The lowest BCUT2D eigenvalue weighted by molar-refractivity contribution is -0.137. The van der Waals surface area contributed by atoms with Crippen molar-refractivity contribution in [2.45, 2.75) is 46.1 Å². The molecule has 0 unspecified atom stereocenters. The third kappa shape index (κ3) is 3.75. The van der Waals surface area contributed by atoms with E-state index in [4.69, 9.17) is 0 Å². The predicted molar refractivity (Wildman–Crippen MR) is 108 cm³/mol. The maximum Gasteiger partial charge on any atom is 0.416 e. The maximum atomic E-state index is 13.2. The number of alkyl halides is 3. The third-order valence-corrected chi connectivity index (χ3v) is 5.62. The molecule has 1 aliphatic heterocycles. The second kappa shape index (κ2) is 7.40. The number of benzene rings is 1. The zero-order valence-corrected chi connectivity index (χ0v) is 17.3. The summed E-state index contributed by atoms with van der Waals surface area (Å²) < 4.78 is 42.4. The Kier molecular flexibility index (Phi) is 4.99. The van der Waals surface area contributed by atoms with E-state index in [2.05, 4.69) is 4.98 Å². The third-order valence-electron chi connectivity index (χ3n) is 5.62. The second-order valence-corrected chi connectivity index (χ2v) is 7.86. The van der Waals surface area contributed by atoms with Crippen molar-refractivity contribution in [1.82, 2.24) is 19.0 Å². The van der Waals surface area contributed by atoms with Crippen LogP contribution in [0.3, 0.4) is 0 Å². The van der Waals surface area contributed by atoms with Crippen LogP contribution in [0.4, 0.5) is 13.2 Å². The molecule has 0 fully saturated rings. The van der Waals surface area contributed by atoms with Gasteiger partial charge in [0.2, 0.25) is 0 Å². The number of nitrogens with zero attached hydrogens (tertiary/aromatic N) is 4. The van der Waals surface area contributed by atoms with Crippen LogP contribution in [0.15, 0.2) is 47.7 Å². The largest absolute Gasteiger partial charge is 0.416 e. The Hall–Kier alpha value is -3.36. The summed E-state index contributed by atoms with van der Waals surface area (Å²) >= 11 is 0. The number of carbonyl (C=O) groups excluding carboxylic acids is 1. The number of halogens is 3. The summed E-state index contributed by atoms with van der Waals surface area (Å²) in [7, 11) is 0. The smallest absolute Gasteiger partial charge is 0.329 e. The van der Waals surface area contributed by atoms with Gasteiger partial charge in [-0.15, -0.1) is 0 Å². The normalized spacial score (nSPS) is 16.5. The SMILES string of the molecule is Cc1cn(-c2ccc3n(c2=O)C[C@@H](C)N(Cc2cc(C(F)(F)F)ccc2C)C3=O)cn1. The van der Waals surface area contributed by atoms with E-state index in [1.54, 1.807) is 36.7 Å². The van der Waals surface area contributed by atoms with E-state index in [1.165, 1.54) is 21.9 Å². The second-order valence-electron chi connectivity index (χ2n) is 7.86. The fourth-order valence-corrected chi connectivity index (χ4v) is 3.82. The lowest BCUT2D eigenvalue weighted by Gasteiger charge is -2.36. The molecular weight excluding hydrogens is 409 g/mol. The fraction of sp³-hybridized carbons (Fsp3) is 0.318. The highest BCUT2D eigenvalue weighted by atomic mass is 19.4. The molecule has 4 rings (SSSR count). The zero-order valence-electron chi connectivity index (χ0n) is 17.3. The molecule has 162 valence electrons. The van der Waals surface area contributed by atoms with Crippen LogP contribution in [0.1, 0.15) is 39.8 Å². The first-order chi connectivity index (χ1) is 14.6. The highest BCUT2D eigenvalue weighted by Crippen LogP contribution is 2.31. The minimum atomic E-state index is -4.46. The average Bonchev–Trinajstić information content (AvgIpc) is 3.12. The van der Waals surface area contributed by atoms with Gasteiger partial charge >= 0.3 is 6.18 Å². The molecule has 3 aromatic rings. The van der Waals surface area contributed by atoms with Gasteiger partial charge in [0.15, 0.2) is 0 Å². The van der Waals surface area contributed by atoms with Crippen LogP contribution in [0.25, 0.3) is 5.69 Å². The molecule has 6 nitrogen and oxygen atoms in total. The first-order valence-electron chi connectivity index (χ1n) is 9.79. The van der Waals surface area contributed by atoms with E-state index in [1.807, 2.05) is 6.92 Å². The number of aromatic nitrogens is 3. The molecule has 1 amide bonds. The average molecular weight is 430 g/mol. The molecule has 1 aromatic carbocycles. The van der Waals surface area contributed by atoms with Gasteiger partial charge in [-0.25, -0.2) is 4.98 Å². The first-order valence-corrected chi connectivity index (χ1v) is 9.79. The molecule has 2 aromatic heterocycles. The molecule has 0 bridgehead atoms. The van der Waals surface area contributed by atoms with Crippen molar-refractivity contribution in [3.63, 3.8) is 0 Å². The summed E-state index contributed by atoms with van der Waals surface area (Å²) in [5.41, 5.74) is 1.39. The molecule has 0 N–H and O–H groups in total. The Bertz CT molecular complexity index is 1230. The molecule has 3 heterocycles. The van der Waals surface area contributed by atoms with Gasteiger partial charge in [0.1, 0.15) is 11.4 Å². The van der Waals surface area contributed by atoms with Crippen molar-refractivity contribution in [3.8, 4) is 5.69 Å². The van der Waals surface area contributed by atoms with Gasteiger partial charge in [0.25, 0.3) is 11.5 Å². The number of imidazole rings is 1. The molecule has 0 spiro atoms. The van der Waals surface area contributed by atoms with Gasteiger partial charge in [-0.05, 0) is 56.2 Å². The lowest BCUT2D eigenvalue weighted by atomic mass is 10.0. The minimum absolute atomic E-state index is 0.0341. The Labute approximate surface area is 176 Å². The number of aryl methyl sites for hydroxylation is 2. The van der Waals surface area contributed by atoms with E-state index in [9.17, 15) is 22.8 Å². The van der Waals surface area contributed by atoms with Crippen LogP contribution in [0, 0.1) is 13.8 Å². The van der Waals surface area contributed by atoms with Gasteiger partial charge in [-0.1, -0.05) is 6.07 Å². The molecule has 1 atom stereocenters. The van der Waals surface area contributed by atoms with Crippen LogP contribution in [0.5, 0.6) is 0 Å². The molecule has 1 aliphatic rings. The summed E-state index contributed by atoms with van der Waals surface area (Å²) in [6.07, 6.45) is -1.20. The number of pyridine rings is 1. The quantitative estimate of drug-likeness (QED) is 0.637. The van der Waals surface area contributed by atoms with E-state index < -0.39 is 11.7 Å². The van der Waals surface area contributed by atoms with Crippen molar-refractivity contribution in [3.05, 3.63) is 81.3 Å². The van der Waals surface area contributed by atoms with Crippen molar-refractivity contribution >= 4 is 5.91 Å². The van der Waals surface area contributed by atoms with Crippen LogP contribution in [0.2, 0.25) is 0 Å². The standard InChI is InChI=1S/C22H21F3N4O2/c1-13-4-5-17(22(23,24)25)8-16(13)11-28-15(3)10-29-19(21(28)31)7-6-18(20(29)30)27-9-14(2)26-12-27/h4-9,12,15H,10-11H2,1-3H3/t15-/m1/s1. The molecule has 0 aliphatic carbocycles. The fourth-order valence-electron chi connectivity index (χ4n) is 3.82. The predicted octanol–water partition coefficient (Wildman–Crippen LogP) is 3.71. The van der Waals surface area contributed by atoms with Crippen LogP contribution in [-0.2, 0) is 19.3 Å². The topological polar surface area (TPSA) is 60.1 Å². The van der Waals surface area contributed by atoms with Crippen LogP contribution < -0.4 is 5.56 Å². The summed E-state index contributed by atoms with van der Waals surface area (Å²) in [5, 5.41) is 0. The highest BCUT2D eigenvalue weighted by molar-refractivity contribution is 5.93. The van der Waals surface area contributed by atoms with Gasteiger partial charge in [0, 0.05) is 25.3 Å². The summed E-state index contributed by atoms with van der Waals surface area (Å²) in [6, 6.07) is 6.31. The van der Waals surface area contributed by atoms with Crippen molar-refractivity contribution in [2.24, 2.45) is 0 Å². The monoisotopic (exact) mass is 430 g/mol. The molecule has 0 saturated heterocycles. The number of amides is 1. The minimum Gasteiger partial charge on any atom is -0.329 e. The molecule has 31 heavy (non-hydrogen) atoms. The molecule has 9 heteroatoms. The Morgan fingerprint density at radius 3 is 2.52 bits per heavy atom. The van der Waals surface area contributed by atoms with Gasteiger partial charge < -0.3 is 14.0 Å². The molecular formula is C22H21F3N4O2. The number of hydrogen-bond donors (Lipinski definition) is 0. The zero-order chi connectivity index (χ0) is 22.5. The van der Waals surface area contributed by atoms with Crippen molar-refractivity contribution in [2.75, 3.05) is 0 Å². The number of hydrogen-bond acceptors (Lipinski definition) is 3. The Balaban J connectivity index is 1.69. The van der Waals surface area contributed by atoms with E-state index >= 15 is 0 Å². The summed E-state index contributed by atoms with van der Waals surface area (Å²) in [6.45, 7) is 5.59. The van der Waals surface area contributed by atoms with Crippen molar-refractivity contribution < 1.29 is 18.0 Å². The van der Waals surface area contributed by atoms with Crippen LogP contribution >= 0.6 is 0 Å². The number of rotatable bonds is 3.